The van der Waals surface area contributed by atoms with E-state index in [1.54, 1.807) is 18.2 Å². The van der Waals surface area contributed by atoms with Crippen molar-refractivity contribution in [3.63, 3.8) is 0 Å². The molecule has 0 fully saturated rings. The van der Waals surface area contributed by atoms with Crippen LogP contribution >= 0.6 is 23.2 Å². The largest absolute Gasteiger partial charge is 0.356 e. The van der Waals surface area contributed by atoms with Crippen LogP contribution < -0.4 is 5.32 Å². The molecule has 0 aliphatic rings. The molecule has 1 heterocycles. The van der Waals surface area contributed by atoms with Gasteiger partial charge >= 0.3 is 0 Å². The van der Waals surface area contributed by atoms with E-state index in [4.69, 9.17) is 27.7 Å². The van der Waals surface area contributed by atoms with Crippen molar-refractivity contribution in [2.45, 2.75) is 19.9 Å². The molecule has 0 radical (unpaired) electrons. The Bertz CT molecular complexity index is 525. The van der Waals surface area contributed by atoms with Crippen molar-refractivity contribution in [1.29, 1.82) is 0 Å². The van der Waals surface area contributed by atoms with Crippen molar-refractivity contribution in [2.75, 3.05) is 6.54 Å². The van der Waals surface area contributed by atoms with E-state index in [9.17, 15) is 0 Å². The molecule has 2 rings (SSSR count). The molecule has 0 aliphatic carbocycles. The predicted molar refractivity (Wildman–Crippen MR) is 74.0 cm³/mol. The summed E-state index contributed by atoms with van der Waals surface area (Å²) in [6, 6.07) is 7.14. The average Bonchev–Trinajstić information content (AvgIpc) is 2.81. The van der Waals surface area contributed by atoms with E-state index < -0.39 is 0 Å². The number of hydrogen-bond donors (Lipinski definition) is 1. The van der Waals surface area contributed by atoms with Crippen molar-refractivity contribution in [3.05, 3.63) is 40.0 Å². The minimum Gasteiger partial charge on any atom is -0.356 e. The second-order valence-corrected chi connectivity index (χ2v) is 4.83. The Morgan fingerprint density at radius 2 is 2.11 bits per heavy atom. The van der Waals surface area contributed by atoms with Crippen LogP contribution in [0.3, 0.4) is 0 Å². The van der Waals surface area contributed by atoms with Crippen LogP contribution in [0.25, 0.3) is 11.3 Å². The molecule has 2 aromatic rings. The van der Waals surface area contributed by atoms with Crippen molar-refractivity contribution < 1.29 is 4.52 Å². The van der Waals surface area contributed by atoms with Gasteiger partial charge in [-0.05, 0) is 31.2 Å². The zero-order valence-corrected chi connectivity index (χ0v) is 11.6. The first-order valence-corrected chi connectivity index (χ1v) is 6.58. The second kappa shape index (κ2) is 6.23. The van der Waals surface area contributed by atoms with Crippen LogP contribution in [0.2, 0.25) is 10.0 Å². The fourth-order valence-electron chi connectivity index (χ4n) is 1.60. The van der Waals surface area contributed by atoms with Gasteiger partial charge in [0, 0.05) is 23.2 Å². The van der Waals surface area contributed by atoms with Crippen LogP contribution in [0, 0.1) is 0 Å². The van der Waals surface area contributed by atoms with E-state index in [2.05, 4.69) is 17.4 Å². The minimum atomic E-state index is 0.601. The molecule has 1 aromatic carbocycles. The van der Waals surface area contributed by atoms with Gasteiger partial charge in [0.2, 0.25) is 0 Å². The van der Waals surface area contributed by atoms with Gasteiger partial charge in [0.05, 0.1) is 10.7 Å². The molecule has 0 saturated heterocycles. The Morgan fingerprint density at radius 1 is 1.28 bits per heavy atom. The first-order chi connectivity index (χ1) is 8.70. The number of benzene rings is 1. The summed E-state index contributed by atoms with van der Waals surface area (Å²) >= 11 is 12.0. The number of halogens is 2. The maximum atomic E-state index is 6.10. The Balaban J connectivity index is 2.16. The molecule has 96 valence electrons. The molecular weight excluding hydrogens is 271 g/mol. The Labute approximate surface area is 116 Å². The first kappa shape index (κ1) is 13.4. The normalized spacial score (nSPS) is 10.8. The van der Waals surface area contributed by atoms with Gasteiger partial charge in [-0.15, -0.1) is 0 Å². The van der Waals surface area contributed by atoms with Gasteiger partial charge in [-0.1, -0.05) is 35.3 Å². The summed E-state index contributed by atoms with van der Waals surface area (Å²) in [5.74, 6) is 0.635. The van der Waals surface area contributed by atoms with E-state index in [-0.39, 0.29) is 0 Å². The summed E-state index contributed by atoms with van der Waals surface area (Å²) in [5.41, 5.74) is 1.62. The van der Waals surface area contributed by atoms with E-state index in [1.807, 2.05) is 6.07 Å². The third kappa shape index (κ3) is 3.25. The number of aromatic nitrogens is 1. The zero-order valence-electron chi connectivity index (χ0n) is 10.0. The predicted octanol–water partition coefficient (Wildman–Crippen LogP) is 4.15. The Morgan fingerprint density at radius 3 is 2.89 bits per heavy atom. The summed E-state index contributed by atoms with van der Waals surface area (Å²) in [5, 5.41) is 8.48. The van der Waals surface area contributed by atoms with Gasteiger partial charge < -0.3 is 9.84 Å². The molecule has 0 unspecified atom stereocenters. The highest BCUT2D eigenvalue weighted by Crippen LogP contribution is 2.30. The molecular formula is C13H14Cl2N2O. The van der Waals surface area contributed by atoms with Crippen LogP contribution in [-0.4, -0.2) is 11.7 Å². The maximum absolute atomic E-state index is 6.10. The van der Waals surface area contributed by atoms with Gasteiger partial charge in [-0.25, -0.2) is 0 Å². The van der Waals surface area contributed by atoms with Crippen molar-refractivity contribution in [1.82, 2.24) is 10.5 Å². The zero-order chi connectivity index (χ0) is 13.0. The lowest BCUT2D eigenvalue weighted by molar-refractivity contribution is 0.420. The molecule has 0 bridgehead atoms. The lowest BCUT2D eigenvalue weighted by Gasteiger charge is -1.99. The van der Waals surface area contributed by atoms with Crippen LogP contribution in [0.5, 0.6) is 0 Å². The molecule has 0 amide bonds. The molecule has 5 heteroatoms. The standard InChI is InChI=1S/C13H14Cl2N2O/c1-2-5-16-8-10-7-13(18-17-10)11-6-9(14)3-4-12(11)15/h3-4,6-7,16H,2,5,8H2,1H3. The van der Waals surface area contributed by atoms with Gasteiger partial charge in [-0.2, -0.15) is 0 Å². The molecule has 0 spiro atoms. The number of rotatable bonds is 5. The Kier molecular flexibility index (Phi) is 4.64. The van der Waals surface area contributed by atoms with E-state index in [0.717, 1.165) is 24.2 Å². The molecule has 0 atom stereocenters. The number of nitrogens with zero attached hydrogens (tertiary/aromatic N) is 1. The first-order valence-electron chi connectivity index (χ1n) is 5.82. The Hall–Kier alpha value is -1.03. The van der Waals surface area contributed by atoms with E-state index >= 15 is 0 Å². The molecule has 0 saturated carbocycles. The van der Waals surface area contributed by atoms with Crippen molar-refractivity contribution in [3.8, 4) is 11.3 Å². The quantitative estimate of drug-likeness (QED) is 0.839. The van der Waals surface area contributed by atoms with Gasteiger partial charge in [0.15, 0.2) is 5.76 Å². The van der Waals surface area contributed by atoms with Crippen molar-refractivity contribution >= 4 is 23.2 Å². The number of hydrogen-bond acceptors (Lipinski definition) is 3. The maximum Gasteiger partial charge on any atom is 0.168 e. The third-order valence-corrected chi connectivity index (χ3v) is 3.05. The van der Waals surface area contributed by atoms with Gasteiger partial charge in [0.1, 0.15) is 0 Å². The minimum absolute atomic E-state index is 0.601. The monoisotopic (exact) mass is 284 g/mol. The fraction of sp³-hybridized carbons (Fsp3) is 0.308. The highest BCUT2D eigenvalue weighted by molar-refractivity contribution is 6.35. The van der Waals surface area contributed by atoms with Crippen LogP contribution in [0.1, 0.15) is 19.0 Å². The summed E-state index contributed by atoms with van der Waals surface area (Å²) in [6.07, 6.45) is 1.09. The van der Waals surface area contributed by atoms with Crippen LogP contribution in [0.4, 0.5) is 0 Å². The number of nitrogens with one attached hydrogen (secondary N) is 1. The smallest absolute Gasteiger partial charge is 0.168 e. The SMILES string of the molecule is CCCNCc1cc(-c2cc(Cl)ccc2Cl)on1. The molecule has 1 aromatic heterocycles. The van der Waals surface area contributed by atoms with Crippen LogP contribution in [0.15, 0.2) is 28.8 Å². The fourth-order valence-corrected chi connectivity index (χ4v) is 1.98. The summed E-state index contributed by atoms with van der Waals surface area (Å²) in [4.78, 5) is 0. The lowest BCUT2D eigenvalue weighted by Crippen LogP contribution is -2.13. The molecule has 1 N–H and O–H groups in total. The molecule has 18 heavy (non-hydrogen) atoms. The highest BCUT2D eigenvalue weighted by atomic mass is 35.5. The third-order valence-electron chi connectivity index (χ3n) is 2.49. The van der Waals surface area contributed by atoms with Gasteiger partial charge in [0.25, 0.3) is 0 Å². The van der Waals surface area contributed by atoms with E-state index in [1.165, 1.54) is 0 Å². The van der Waals surface area contributed by atoms with Crippen molar-refractivity contribution in [2.24, 2.45) is 0 Å². The average molecular weight is 285 g/mol. The summed E-state index contributed by atoms with van der Waals surface area (Å²) in [6.45, 7) is 3.77. The lowest BCUT2D eigenvalue weighted by atomic mass is 10.1. The van der Waals surface area contributed by atoms with E-state index in [0.29, 0.717) is 22.4 Å². The topological polar surface area (TPSA) is 38.1 Å². The molecule has 0 aliphatic heterocycles. The summed E-state index contributed by atoms with van der Waals surface area (Å²) < 4.78 is 5.28. The second-order valence-electron chi connectivity index (χ2n) is 3.98. The summed E-state index contributed by atoms with van der Waals surface area (Å²) in [7, 11) is 0. The highest BCUT2D eigenvalue weighted by Gasteiger charge is 2.10. The van der Waals surface area contributed by atoms with Gasteiger partial charge in [-0.3, -0.25) is 0 Å². The molecule has 3 nitrogen and oxygen atoms in total. The van der Waals surface area contributed by atoms with Crippen LogP contribution in [-0.2, 0) is 6.54 Å².